The summed E-state index contributed by atoms with van der Waals surface area (Å²) in [5.74, 6) is 0. The average Bonchev–Trinajstić information content (AvgIpc) is 2.57. The number of hydrogen-bond donors (Lipinski definition) is 4. The van der Waals surface area contributed by atoms with Crippen molar-refractivity contribution >= 4 is 32.6 Å². The third-order valence-corrected chi connectivity index (χ3v) is 5.55. The highest BCUT2D eigenvalue weighted by atomic mass is 32.3. The lowest BCUT2D eigenvalue weighted by molar-refractivity contribution is 0.505. The number of rotatable bonds is 7. The number of aromatic nitrogens is 1. The number of pyridine rings is 1. The molecular formula is C17H23N3O2S. The van der Waals surface area contributed by atoms with Crippen LogP contribution in [0.2, 0.25) is 0 Å². The summed E-state index contributed by atoms with van der Waals surface area (Å²) in [7, 11) is -3.46. The van der Waals surface area contributed by atoms with Crippen LogP contribution in [0.1, 0.15) is 38.2 Å². The molecule has 4 N–H and O–H groups in total. The molecule has 0 spiro atoms. The second kappa shape index (κ2) is 7.68. The Hall–Kier alpha value is -1.76. The predicted molar refractivity (Wildman–Crippen MR) is 97.2 cm³/mol. The molecule has 0 bridgehead atoms. The van der Waals surface area contributed by atoms with Crippen LogP contribution in [0.4, 0.5) is 0 Å². The summed E-state index contributed by atoms with van der Waals surface area (Å²) in [6.07, 6.45) is 9.45. The number of hydrogen-bond acceptors (Lipinski definition) is 5. The molecule has 1 heterocycles. The summed E-state index contributed by atoms with van der Waals surface area (Å²) in [6, 6.07) is 5.24. The summed E-state index contributed by atoms with van der Waals surface area (Å²) in [5, 5.41) is 16.0. The molecule has 0 amide bonds. The van der Waals surface area contributed by atoms with Crippen LogP contribution in [0.3, 0.4) is 0 Å². The topological polar surface area (TPSA) is 101 Å². The normalized spacial score (nSPS) is 12.3. The van der Waals surface area contributed by atoms with Gasteiger partial charge in [-0.2, -0.15) is 0 Å². The van der Waals surface area contributed by atoms with Gasteiger partial charge in [-0.3, -0.25) is 19.5 Å². The lowest BCUT2D eigenvalue weighted by atomic mass is 10.0. The quantitative estimate of drug-likeness (QED) is 0.322. The minimum Gasteiger partial charge on any atom is -0.305 e. The molecule has 23 heavy (non-hydrogen) atoms. The molecule has 2 aromatic rings. The maximum atomic E-state index is 10.4. The van der Waals surface area contributed by atoms with Crippen molar-refractivity contribution in [2.75, 3.05) is 0 Å². The fraction of sp³-hybridized carbons (Fsp3) is 0.353. The summed E-state index contributed by atoms with van der Waals surface area (Å²) in [6.45, 7) is 2.16. The minimum absolute atomic E-state index is 0.316. The van der Waals surface area contributed by atoms with E-state index in [0.717, 1.165) is 42.0 Å². The van der Waals surface area contributed by atoms with Crippen LogP contribution >= 0.6 is 10.6 Å². The van der Waals surface area contributed by atoms with Gasteiger partial charge in [-0.15, -0.1) is 10.6 Å². The van der Waals surface area contributed by atoms with Gasteiger partial charge in [0.25, 0.3) is 0 Å². The number of benzene rings is 1. The van der Waals surface area contributed by atoms with Gasteiger partial charge in [-0.1, -0.05) is 38.3 Å². The first-order valence-corrected chi connectivity index (χ1v) is 9.30. The second-order valence-corrected chi connectivity index (χ2v) is 7.50. The van der Waals surface area contributed by atoms with E-state index < -0.39 is 15.6 Å². The fourth-order valence-corrected chi connectivity index (χ4v) is 3.84. The van der Waals surface area contributed by atoms with Crippen LogP contribution in [0.15, 0.2) is 35.5 Å². The van der Waals surface area contributed by atoms with Crippen molar-refractivity contribution in [1.29, 1.82) is 10.8 Å². The number of nitrogens with one attached hydrogen (secondary N) is 2. The Labute approximate surface area is 138 Å². The van der Waals surface area contributed by atoms with Crippen LogP contribution < -0.4 is 0 Å². The number of nitrogens with zero attached hydrogens (tertiary/aromatic N) is 1. The molecular weight excluding hydrogens is 310 g/mol. The Kier molecular flexibility index (Phi) is 5.87. The Morgan fingerprint density at radius 1 is 1.22 bits per heavy atom. The van der Waals surface area contributed by atoms with Crippen molar-refractivity contribution < 1.29 is 9.11 Å². The number of aryl methyl sites for hydroxylation is 1. The lowest BCUT2D eigenvalue weighted by Crippen LogP contribution is -2.12. The largest absolute Gasteiger partial charge is 0.305 e. The molecule has 0 saturated carbocycles. The molecule has 0 aliphatic carbocycles. The Balaban J connectivity index is 2.49. The van der Waals surface area contributed by atoms with Gasteiger partial charge in [-0.05, 0) is 24.5 Å². The van der Waals surface area contributed by atoms with Crippen molar-refractivity contribution in [1.82, 2.24) is 4.98 Å². The smallest absolute Gasteiger partial charge is 0.162 e. The molecule has 0 saturated heterocycles. The number of fused-ring (bicyclic) bond motifs is 1. The van der Waals surface area contributed by atoms with Gasteiger partial charge in [0.1, 0.15) is 0 Å². The molecule has 6 heteroatoms. The monoisotopic (exact) mass is 333 g/mol. The van der Waals surface area contributed by atoms with Crippen LogP contribution in [-0.4, -0.2) is 25.3 Å². The van der Waals surface area contributed by atoms with Gasteiger partial charge < -0.3 is 5.41 Å². The van der Waals surface area contributed by atoms with E-state index in [2.05, 4.69) is 11.9 Å². The maximum absolute atomic E-state index is 10.4. The first-order chi connectivity index (χ1) is 11.0. The van der Waals surface area contributed by atoms with Gasteiger partial charge in [-0.25, -0.2) is 0 Å². The molecule has 0 atom stereocenters. The van der Waals surface area contributed by atoms with Gasteiger partial charge >= 0.3 is 0 Å². The number of unbranched alkanes of at least 4 members (excludes halogenated alkanes) is 3. The average molecular weight is 333 g/mol. The first-order valence-electron chi connectivity index (χ1n) is 7.75. The van der Waals surface area contributed by atoms with Crippen LogP contribution in [0, 0.1) is 10.8 Å². The standard InChI is InChI=1S/C17H23N3O2S/c1-2-3-4-5-7-13-11-20-12-14-8-6-9-15(17(13)14)23(21,22)16(19)10-18/h6,8-12,18-19,21-22H,2-5,7H2,1H3. The molecule has 1 aromatic heterocycles. The van der Waals surface area contributed by atoms with Crippen LogP contribution in [-0.2, 0) is 6.42 Å². The molecule has 124 valence electrons. The molecule has 5 nitrogen and oxygen atoms in total. The maximum Gasteiger partial charge on any atom is 0.162 e. The van der Waals surface area contributed by atoms with Crippen LogP contribution in [0.5, 0.6) is 0 Å². The summed E-state index contributed by atoms with van der Waals surface area (Å²) >= 11 is 0. The van der Waals surface area contributed by atoms with Gasteiger partial charge in [0.2, 0.25) is 0 Å². The molecule has 0 aliphatic heterocycles. The first kappa shape index (κ1) is 17.6. The zero-order chi connectivity index (χ0) is 16.9. The van der Waals surface area contributed by atoms with E-state index in [1.54, 1.807) is 24.5 Å². The zero-order valence-electron chi connectivity index (χ0n) is 13.2. The molecule has 0 aliphatic rings. The van der Waals surface area contributed by atoms with E-state index >= 15 is 0 Å². The molecule has 0 unspecified atom stereocenters. The SMILES string of the molecule is CCCCCCc1cncc2cccc(S(O)(O)C(=N)C=N)c12. The Bertz CT molecular complexity index is 711. The van der Waals surface area contributed by atoms with E-state index in [4.69, 9.17) is 10.8 Å². The highest BCUT2D eigenvalue weighted by Crippen LogP contribution is 2.51. The summed E-state index contributed by atoms with van der Waals surface area (Å²) < 4.78 is 20.9. The Morgan fingerprint density at radius 3 is 2.70 bits per heavy atom. The third-order valence-electron chi connectivity index (χ3n) is 3.87. The molecule has 1 aromatic carbocycles. The van der Waals surface area contributed by atoms with Crippen molar-refractivity contribution in [3.05, 3.63) is 36.2 Å². The van der Waals surface area contributed by atoms with E-state index in [1.165, 1.54) is 6.42 Å². The minimum atomic E-state index is -3.46. The van der Waals surface area contributed by atoms with E-state index in [1.807, 2.05) is 6.07 Å². The summed E-state index contributed by atoms with van der Waals surface area (Å²) in [5.41, 5.74) is 0.965. The summed E-state index contributed by atoms with van der Waals surface area (Å²) in [4.78, 5) is 4.56. The molecule has 0 fully saturated rings. The zero-order valence-corrected chi connectivity index (χ0v) is 14.1. The molecule has 0 radical (unpaired) electrons. The van der Waals surface area contributed by atoms with Crippen LogP contribution in [0.25, 0.3) is 10.8 Å². The molecule has 2 rings (SSSR count). The van der Waals surface area contributed by atoms with Gasteiger partial charge in [0.15, 0.2) is 5.04 Å². The fourth-order valence-electron chi connectivity index (χ4n) is 2.64. The van der Waals surface area contributed by atoms with Crippen molar-refractivity contribution in [3.63, 3.8) is 0 Å². The van der Waals surface area contributed by atoms with E-state index in [-0.39, 0.29) is 0 Å². The van der Waals surface area contributed by atoms with Gasteiger partial charge in [0.05, 0.1) is 11.1 Å². The second-order valence-electron chi connectivity index (χ2n) is 5.52. The van der Waals surface area contributed by atoms with Gasteiger partial charge in [0, 0.05) is 23.2 Å². The Morgan fingerprint density at radius 2 is 2.00 bits per heavy atom. The third kappa shape index (κ3) is 3.77. The van der Waals surface area contributed by atoms with E-state index in [0.29, 0.717) is 11.1 Å². The predicted octanol–water partition coefficient (Wildman–Crippen LogP) is 5.09. The van der Waals surface area contributed by atoms with E-state index in [9.17, 15) is 9.11 Å². The highest BCUT2D eigenvalue weighted by molar-refractivity contribution is 8.38. The van der Waals surface area contributed by atoms with Crippen molar-refractivity contribution in [2.24, 2.45) is 0 Å². The van der Waals surface area contributed by atoms with Crippen molar-refractivity contribution in [3.8, 4) is 0 Å². The van der Waals surface area contributed by atoms with Crippen molar-refractivity contribution in [2.45, 2.75) is 43.9 Å². The lowest BCUT2D eigenvalue weighted by Gasteiger charge is -2.32. The highest BCUT2D eigenvalue weighted by Gasteiger charge is 2.24.